The van der Waals surface area contributed by atoms with Gasteiger partial charge in [-0.2, -0.15) is 9.78 Å². The molecule has 2 N–H and O–H groups in total. The van der Waals surface area contributed by atoms with Crippen LogP contribution in [0.5, 0.6) is 0 Å². The summed E-state index contributed by atoms with van der Waals surface area (Å²) in [7, 11) is 0. The molecule has 0 aliphatic rings. The van der Waals surface area contributed by atoms with Gasteiger partial charge < -0.3 is 5.73 Å². The molecule has 2 rings (SSSR count). The van der Waals surface area contributed by atoms with Gasteiger partial charge in [0.15, 0.2) is 10.8 Å². The second-order valence-electron chi connectivity index (χ2n) is 2.63. The van der Waals surface area contributed by atoms with Crippen molar-refractivity contribution in [3.05, 3.63) is 11.3 Å². The van der Waals surface area contributed by atoms with E-state index in [9.17, 15) is 4.79 Å². The lowest BCUT2D eigenvalue weighted by Crippen LogP contribution is -2.21. The minimum Gasteiger partial charge on any atom is -0.350 e. The van der Waals surface area contributed by atoms with Crippen molar-refractivity contribution in [2.24, 2.45) is 5.73 Å². The third-order valence-corrected chi connectivity index (χ3v) is 2.59. The predicted molar refractivity (Wildman–Crippen MR) is 57.1 cm³/mol. The lowest BCUT2D eigenvalue weighted by molar-refractivity contribution is 0.248. The van der Waals surface area contributed by atoms with Crippen molar-refractivity contribution in [2.45, 2.75) is 5.16 Å². The first-order chi connectivity index (χ1) is 7.13. The van der Waals surface area contributed by atoms with Gasteiger partial charge in [-0.25, -0.2) is 14.8 Å². The lowest BCUT2D eigenvalue weighted by Gasteiger charge is -1.99. The van der Waals surface area contributed by atoms with Crippen LogP contribution in [0.2, 0.25) is 5.15 Å². The van der Waals surface area contributed by atoms with Crippen LogP contribution in [0.15, 0.2) is 11.4 Å². The average molecular weight is 244 g/mol. The summed E-state index contributed by atoms with van der Waals surface area (Å²) >= 11 is 7.21. The number of amides is 1. The maximum Gasteiger partial charge on any atom is 0.341 e. The SMILES string of the molecule is CSc1nc(Cl)c2cnn(C(N)=O)c2n1. The Morgan fingerprint density at radius 2 is 2.33 bits per heavy atom. The number of fused-ring (bicyclic) bond motifs is 1. The second-order valence-corrected chi connectivity index (χ2v) is 3.76. The fraction of sp³-hybridized carbons (Fsp3) is 0.143. The molecule has 2 heterocycles. The van der Waals surface area contributed by atoms with Crippen LogP contribution in [0.3, 0.4) is 0 Å². The molecule has 0 unspecified atom stereocenters. The van der Waals surface area contributed by atoms with Crippen molar-refractivity contribution >= 4 is 40.4 Å². The van der Waals surface area contributed by atoms with E-state index in [0.29, 0.717) is 16.2 Å². The summed E-state index contributed by atoms with van der Waals surface area (Å²) < 4.78 is 0.989. The van der Waals surface area contributed by atoms with Crippen LogP contribution in [-0.4, -0.2) is 32.0 Å². The summed E-state index contributed by atoms with van der Waals surface area (Å²) in [6.45, 7) is 0. The van der Waals surface area contributed by atoms with E-state index in [2.05, 4.69) is 15.1 Å². The van der Waals surface area contributed by atoms with E-state index in [4.69, 9.17) is 17.3 Å². The predicted octanol–water partition coefficient (Wildman–Crippen LogP) is 1.13. The van der Waals surface area contributed by atoms with Gasteiger partial charge in [0.2, 0.25) is 0 Å². The molecule has 0 bridgehead atoms. The monoisotopic (exact) mass is 243 g/mol. The summed E-state index contributed by atoms with van der Waals surface area (Å²) in [4.78, 5) is 19.1. The first-order valence-electron chi connectivity index (χ1n) is 3.88. The highest BCUT2D eigenvalue weighted by Crippen LogP contribution is 2.22. The van der Waals surface area contributed by atoms with E-state index < -0.39 is 6.03 Å². The van der Waals surface area contributed by atoms with Crippen molar-refractivity contribution in [3.8, 4) is 0 Å². The molecule has 2 aromatic rings. The largest absolute Gasteiger partial charge is 0.350 e. The molecule has 1 amide bonds. The molecule has 0 aliphatic carbocycles. The molecule has 78 valence electrons. The number of nitrogens with zero attached hydrogens (tertiary/aromatic N) is 4. The number of aromatic nitrogens is 4. The number of hydrogen-bond acceptors (Lipinski definition) is 5. The van der Waals surface area contributed by atoms with E-state index in [1.165, 1.54) is 18.0 Å². The minimum absolute atomic E-state index is 0.261. The molecule has 0 aromatic carbocycles. The van der Waals surface area contributed by atoms with Crippen LogP contribution in [0.25, 0.3) is 11.0 Å². The first-order valence-corrected chi connectivity index (χ1v) is 5.49. The van der Waals surface area contributed by atoms with Crippen LogP contribution in [0, 0.1) is 0 Å². The fourth-order valence-corrected chi connectivity index (χ4v) is 1.73. The van der Waals surface area contributed by atoms with E-state index in [1.54, 1.807) is 0 Å². The van der Waals surface area contributed by atoms with Gasteiger partial charge in [-0.3, -0.25) is 0 Å². The molecule has 0 spiro atoms. The molecular formula is C7H6ClN5OS. The number of halogens is 1. The number of carbonyl (C=O) groups is 1. The zero-order valence-electron chi connectivity index (χ0n) is 7.64. The minimum atomic E-state index is -0.702. The summed E-state index contributed by atoms with van der Waals surface area (Å²) in [5.41, 5.74) is 5.44. The number of nitrogens with two attached hydrogens (primary N) is 1. The van der Waals surface area contributed by atoms with Crippen molar-refractivity contribution in [3.63, 3.8) is 0 Å². The van der Waals surface area contributed by atoms with Crippen molar-refractivity contribution in [1.82, 2.24) is 19.7 Å². The highest BCUT2D eigenvalue weighted by molar-refractivity contribution is 7.98. The number of rotatable bonds is 1. The van der Waals surface area contributed by atoms with Crippen molar-refractivity contribution in [2.75, 3.05) is 6.26 Å². The Bertz CT molecular complexity index is 539. The maximum absolute atomic E-state index is 11.0. The van der Waals surface area contributed by atoms with Gasteiger partial charge in [0.25, 0.3) is 0 Å². The van der Waals surface area contributed by atoms with Gasteiger partial charge in [0, 0.05) is 0 Å². The van der Waals surface area contributed by atoms with Crippen LogP contribution in [0.1, 0.15) is 0 Å². The van der Waals surface area contributed by atoms with E-state index in [-0.39, 0.29) is 5.15 Å². The van der Waals surface area contributed by atoms with Crippen molar-refractivity contribution < 1.29 is 4.79 Å². The Kier molecular flexibility index (Phi) is 2.49. The molecule has 2 aromatic heterocycles. The number of thioether (sulfide) groups is 1. The van der Waals surface area contributed by atoms with Gasteiger partial charge in [-0.15, -0.1) is 0 Å². The standard InChI is InChI=1S/C7H6ClN5OS/c1-15-7-11-4(8)3-2-10-13(6(9)14)5(3)12-7/h2H,1H3,(H2,9,14). The van der Waals surface area contributed by atoms with Crippen LogP contribution < -0.4 is 5.73 Å². The Hall–Kier alpha value is -1.34. The molecule has 15 heavy (non-hydrogen) atoms. The molecule has 6 nitrogen and oxygen atoms in total. The van der Waals surface area contributed by atoms with Crippen LogP contribution in [-0.2, 0) is 0 Å². The van der Waals surface area contributed by atoms with Crippen molar-refractivity contribution in [1.29, 1.82) is 0 Å². The number of carbonyl (C=O) groups excluding carboxylic acids is 1. The summed E-state index contributed by atoms with van der Waals surface area (Å²) in [6.07, 6.45) is 3.22. The zero-order valence-corrected chi connectivity index (χ0v) is 9.21. The highest BCUT2D eigenvalue weighted by Gasteiger charge is 2.13. The maximum atomic E-state index is 11.0. The van der Waals surface area contributed by atoms with Gasteiger partial charge in [-0.1, -0.05) is 23.4 Å². The third-order valence-electron chi connectivity index (χ3n) is 1.75. The Morgan fingerprint density at radius 1 is 1.60 bits per heavy atom. The molecule has 0 atom stereocenters. The lowest BCUT2D eigenvalue weighted by atomic mass is 10.4. The Labute approximate surface area is 93.8 Å². The van der Waals surface area contributed by atoms with Crippen LogP contribution >= 0.6 is 23.4 Å². The molecular weight excluding hydrogens is 238 g/mol. The van der Waals surface area contributed by atoms with Gasteiger partial charge in [0.05, 0.1) is 11.6 Å². The topological polar surface area (TPSA) is 86.7 Å². The number of hydrogen-bond donors (Lipinski definition) is 1. The molecule has 0 radical (unpaired) electrons. The Balaban J connectivity index is 2.78. The first kappa shape index (κ1) is 10.2. The fourth-order valence-electron chi connectivity index (χ4n) is 1.11. The summed E-state index contributed by atoms with van der Waals surface area (Å²) in [6, 6.07) is -0.702. The normalized spacial score (nSPS) is 10.8. The average Bonchev–Trinajstić information content (AvgIpc) is 2.61. The molecule has 8 heteroatoms. The van der Waals surface area contributed by atoms with Gasteiger partial charge >= 0.3 is 6.03 Å². The molecule has 0 fully saturated rings. The van der Waals surface area contributed by atoms with Gasteiger partial charge in [0.1, 0.15) is 5.15 Å². The second kappa shape index (κ2) is 3.67. The van der Waals surface area contributed by atoms with E-state index in [0.717, 1.165) is 4.68 Å². The summed E-state index contributed by atoms with van der Waals surface area (Å²) in [5, 5.41) is 5.01. The third kappa shape index (κ3) is 1.64. The zero-order chi connectivity index (χ0) is 11.0. The molecule has 0 aliphatic heterocycles. The van der Waals surface area contributed by atoms with E-state index in [1.807, 2.05) is 6.26 Å². The van der Waals surface area contributed by atoms with E-state index >= 15 is 0 Å². The quantitative estimate of drug-likeness (QED) is 0.461. The smallest absolute Gasteiger partial charge is 0.341 e. The number of primary amides is 1. The van der Waals surface area contributed by atoms with Gasteiger partial charge in [-0.05, 0) is 6.26 Å². The molecule has 0 saturated carbocycles. The Morgan fingerprint density at radius 3 is 2.93 bits per heavy atom. The summed E-state index contributed by atoms with van der Waals surface area (Å²) in [5.74, 6) is 0. The van der Waals surface area contributed by atoms with Crippen LogP contribution in [0.4, 0.5) is 4.79 Å². The molecule has 0 saturated heterocycles. The highest BCUT2D eigenvalue weighted by atomic mass is 35.5.